The normalized spacial score (nSPS) is 11.1. The van der Waals surface area contributed by atoms with Gasteiger partial charge < -0.3 is 19.3 Å². The van der Waals surface area contributed by atoms with E-state index in [1.54, 1.807) is 39.0 Å². The molecule has 0 aliphatic rings. The zero-order valence-corrected chi connectivity index (χ0v) is 19.2. The average Bonchev–Trinajstić information content (AvgIpc) is 3.38. The molecule has 3 rings (SSSR count). The summed E-state index contributed by atoms with van der Waals surface area (Å²) in [5.41, 5.74) is 0.289. The number of methoxy groups -OCH3 is 1. The minimum Gasteiger partial charge on any atom is -0.495 e. The maximum absolute atomic E-state index is 12.4. The smallest absolute Gasteiger partial charge is 0.412 e. The van der Waals surface area contributed by atoms with Crippen molar-refractivity contribution in [1.29, 1.82) is 0 Å². The number of ether oxygens (including phenoxy) is 2. The molecular formula is C22H26N4O5S. The van der Waals surface area contributed by atoms with Gasteiger partial charge >= 0.3 is 6.09 Å². The summed E-state index contributed by atoms with van der Waals surface area (Å²) in [5, 5.41) is 11.4. The molecule has 2 aromatic heterocycles. The second-order valence-electron chi connectivity index (χ2n) is 7.93. The predicted octanol–water partition coefficient (Wildman–Crippen LogP) is 5.12. The van der Waals surface area contributed by atoms with Crippen LogP contribution < -0.4 is 15.4 Å². The van der Waals surface area contributed by atoms with Gasteiger partial charge in [0, 0.05) is 18.5 Å². The zero-order chi connectivity index (χ0) is 23.1. The third-order valence-electron chi connectivity index (χ3n) is 4.12. The Morgan fingerprint density at radius 1 is 1.19 bits per heavy atom. The summed E-state index contributed by atoms with van der Waals surface area (Å²) >= 11 is 1.54. The number of benzene rings is 1. The molecule has 2 N–H and O–H groups in total. The van der Waals surface area contributed by atoms with Crippen molar-refractivity contribution in [3.63, 3.8) is 0 Å². The van der Waals surface area contributed by atoms with Crippen molar-refractivity contribution >= 4 is 34.7 Å². The molecule has 0 aliphatic carbocycles. The molecule has 1 aromatic carbocycles. The van der Waals surface area contributed by atoms with Crippen molar-refractivity contribution < 1.29 is 23.6 Å². The van der Waals surface area contributed by atoms with E-state index in [4.69, 9.17) is 14.0 Å². The fourth-order valence-electron chi connectivity index (χ4n) is 2.78. The summed E-state index contributed by atoms with van der Waals surface area (Å²) < 4.78 is 15.8. The third kappa shape index (κ3) is 6.81. The lowest BCUT2D eigenvalue weighted by Gasteiger charge is -2.20. The predicted molar refractivity (Wildman–Crippen MR) is 122 cm³/mol. The molecule has 32 heavy (non-hydrogen) atoms. The Bertz CT molecular complexity index is 1060. The Morgan fingerprint density at radius 3 is 2.69 bits per heavy atom. The number of aromatic nitrogens is 2. The summed E-state index contributed by atoms with van der Waals surface area (Å²) in [4.78, 5) is 29.7. The maximum Gasteiger partial charge on any atom is 0.412 e. The summed E-state index contributed by atoms with van der Waals surface area (Å²) in [5.74, 6) is 1.33. The second-order valence-corrected chi connectivity index (χ2v) is 8.88. The van der Waals surface area contributed by atoms with Gasteiger partial charge in [-0.15, -0.1) is 11.3 Å². The minimum atomic E-state index is -0.633. The van der Waals surface area contributed by atoms with E-state index in [0.717, 1.165) is 4.88 Å². The number of carbonyl (C=O) groups is 2. The lowest BCUT2D eigenvalue weighted by atomic mass is 10.2. The Kier molecular flexibility index (Phi) is 7.47. The molecule has 0 aliphatic heterocycles. The van der Waals surface area contributed by atoms with Crippen LogP contribution >= 0.6 is 11.3 Å². The minimum absolute atomic E-state index is 0.170. The zero-order valence-electron chi connectivity index (χ0n) is 18.4. The number of rotatable bonds is 8. The largest absolute Gasteiger partial charge is 0.495 e. The molecule has 0 fully saturated rings. The van der Waals surface area contributed by atoms with Crippen LogP contribution in [0.25, 0.3) is 10.7 Å². The molecule has 0 bridgehead atoms. The monoisotopic (exact) mass is 458 g/mol. The summed E-state index contributed by atoms with van der Waals surface area (Å²) in [7, 11) is 1.50. The topological polar surface area (TPSA) is 116 Å². The lowest BCUT2D eigenvalue weighted by Crippen LogP contribution is -2.27. The van der Waals surface area contributed by atoms with Crippen LogP contribution in [0.2, 0.25) is 0 Å². The quantitative estimate of drug-likeness (QED) is 0.481. The first kappa shape index (κ1) is 23.3. The maximum atomic E-state index is 12.4. The molecule has 0 atom stereocenters. The molecule has 3 aromatic rings. The summed E-state index contributed by atoms with van der Waals surface area (Å²) in [6.45, 7) is 5.33. The number of thiophene rings is 1. The number of aryl methyl sites for hydroxylation is 1. The number of nitrogens with zero attached hydrogens (tertiary/aromatic N) is 2. The van der Waals surface area contributed by atoms with E-state index in [1.807, 2.05) is 17.5 Å². The van der Waals surface area contributed by atoms with E-state index in [0.29, 0.717) is 41.7 Å². The molecule has 2 heterocycles. The van der Waals surface area contributed by atoms with Gasteiger partial charge in [-0.25, -0.2) is 4.79 Å². The molecule has 10 heteroatoms. The van der Waals surface area contributed by atoms with E-state index in [2.05, 4.69) is 20.8 Å². The van der Waals surface area contributed by atoms with Crippen molar-refractivity contribution in [3.05, 3.63) is 41.6 Å². The Morgan fingerprint density at radius 2 is 2.00 bits per heavy atom. The van der Waals surface area contributed by atoms with Gasteiger partial charge in [-0.2, -0.15) is 4.98 Å². The van der Waals surface area contributed by atoms with Crippen LogP contribution in [0.5, 0.6) is 5.75 Å². The highest BCUT2D eigenvalue weighted by atomic mass is 32.1. The van der Waals surface area contributed by atoms with Crippen molar-refractivity contribution in [3.8, 4) is 16.5 Å². The molecule has 0 saturated carbocycles. The average molecular weight is 459 g/mol. The number of hydrogen-bond donors (Lipinski definition) is 2. The van der Waals surface area contributed by atoms with Gasteiger partial charge in [0.2, 0.25) is 17.6 Å². The van der Waals surface area contributed by atoms with Gasteiger partial charge in [0.1, 0.15) is 11.4 Å². The highest BCUT2D eigenvalue weighted by molar-refractivity contribution is 7.13. The molecule has 0 saturated heterocycles. The second kappa shape index (κ2) is 10.3. The SMILES string of the molecule is COc1ccc(NC(=O)CCCc2nc(-c3cccs3)no2)cc1NC(=O)OC(C)(C)C. The molecular weight excluding hydrogens is 432 g/mol. The highest BCUT2D eigenvalue weighted by Crippen LogP contribution is 2.28. The van der Waals surface area contributed by atoms with E-state index in [9.17, 15) is 9.59 Å². The fourth-order valence-corrected chi connectivity index (χ4v) is 3.43. The number of amides is 2. The van der Waals surface area contributed by atoms with Crippen molar-refractivity contribution in [2.24, 2.45) is 0 Å². The number of nitrogens with one attached hydrogen (secondary N) is 2. The van der Waals surface area contributed by atoms with Crippen molar-refractivity contribution in [2.75, 3.05) is 17.7 Å². The van der Waals surface area contributed by atoms with Gasteiger partial charge in [0.25, 0.3) is 0 Å². The van der Waals surface area contributed by atoms with Gasteiger partial charge in [-0.3, -0.25) is 10.1 Å². The standard InChI is InChI=1S/C22H26N4O5S/c1-22(2,3)30-21(28)24-15-13-14(10-11-16(15)29-4)23-18(27)8-5-9-19-25-20(26-31-19)17-7-6-12-32-17/h6-7,10-13H,5,8-9H2,1-4H3,(H,23,27)(H,24,28). The van der Waals surface area contributed by atoms with E-state index >= 15 is 0 Å². The Hall–Kier alpha value is -3.40. The van der Waals surface area contributed by atoms with Crippen LogP contribution in [0.3, 0.4) is 0 Å². The summed E-state index contributed by atoms with van der Waals surface area (Å²) in [6.07, 6.45) is 0.717. The van der Waals surface area contributed by atoms with Gasteiger partial charge in [-0.05, 0) is 56.8 Å². The summed E-state index contributed by atoms with van der Waals surface area (Å²) in [6, 6.07) is 8.82. The lowest BCUT2D eigenvalue weighted by molar-refractivity contribution is -0.116. The van der Waals surface area contributed by atoms with Crippen molar-refractivity contribution in [2.45, 2.75) is 45.6 Å². The van der Waals surface area contributed by atoms with E-state index in [-0.39, 0.29) is 12.3 Å². The Balaban J connectivity index is 1.52. The van der Waals surface area contributed by atoms with Crippen LogP contribution in [-0.4, -0.2) is 34.9 Å². The number of hydrogen-bond acceptors (Lipinski definition) is 8. The first-order chi connectivity index (χ1) is 15.2. The van der Waals surface area contributed by atoms with Gasteiger partial charge in [-0.1, -0.05) is 11.2 Å². The Labute approximate surface area is 190 Å². The third-order valence-corrected chi connectivity index (χ3v) is 4.99. The molecule has 170 valence electrons. The highest BCUT2D eigenvalue weighted by Gasteiger charge is 2.18. The first-order valence-electron chi connectivity index (χ1n) is 10.1. The number of carbonyl (C=O) groups excluding carboxylic acids is 2. The van der Waals surface area contributed by atoms with Gasteiger partial charge in [0.15, 0.2) is 0 Å². The molecule has 0 unspecified atom stereocenters. The first-order valence-corrected chi connectivity index (χ1v) is 11.0. The van der Waals surface area contributed by atoms with Crippen LogP contribution in [0, 0.1) is 0 Å². The molecule has 9 nitrogen and oxygen atoms in total. The van der Waals surface area contributed by atoms with Crippen molar-refractivity contribution in [1.82, 2.24) is 10.1 Å². The van der Waals surface area contributed by atoms with Crippen LogP contribution in [0.4, 0.5) is 16.2 Å². The van der Waals surface area contributed by atoms with E-state index < -0.39 is 11.7 Å². The fraction of sp³-hybridized carbons (Fsp3) is 0.364. The molecule has 2 amide bonds. The van der Waals surface area contributed by atoms with Gasteiger partial charge in [0.05, 0.1) is 17.7 Å². The number of anilines is 2. The molecule has 0 spiro atoms. The van der Waals surface area contributed by atoms with Crippen LogP contribution in [0.1, 0.15) is 39.5 Å². The molecule has 0 radical (unpaired) electrons. The van der Waals surface area contributed by atoms with E-state index in [1.165, 1.54) is 18.4 Å². The van der Waals surface area contributed by atoms with Crippen LogP contribution in [0.15, 0.2) is 40.2 Å². The van der Waals surface area contributed by atoms with Crippen LogP contribution in [-0.2, 0) is 16.0 Å².